The monoisotopic (exact) mass is 308 g/mol. The topological polar surface area (TPSA) is 40.6 Å². The zero-order chi connectivity index (χ0) is 15.0. The van der Waals surface area contributed by atoms with Crippen molar-refractivity contribution in [3.63, 3.8) is 0 Å². The number of hydrogen-bond acceptors (Lipinski definition) is 4. The highest BCUT2D eigenvalue weighted by molar-refractivity contribution is 7.90. The van der Waals surface area contributed by atoms with Crippen LogP contribution >= 0.6 is 0 Å². The minimum absolute atomic E-state index is 0.403. The molecule has 2 saturated heterocycles. The molecule has 4 nitrogen and oxygen atoms in total. The van der Waals surface area contributed by atoms with Gasteiger partial charge in [-0.05, 0) is 44.0 Å². The van der Waals surface area contributed by atoms with Gasteiger partial charge >= 0.3 is 0 Å². The molecule has 0 radical (unpaired) electrons. The minimum Gasteiger partial charge on any atom is -0.298 e. The summed E-state index contributed by atoms with van der Waals surface area (Å²) in [5.74, 6) is 0. The van der Waals surface area contributed by atoms with Crippen molar-refractivity contribution in [2.45, 2.75) is 43.3 Å². The van der Waals surface area contributed by atoms with Gasteiger partial charge in [0.05, 0.1) is 4.90 Å². The van der Waals surface area contributed by atoms with Gasteiger partial charge < -0.3 is 0 Å². The third kappa shape index (κ3) is 3.30. The molecule has 1 aromatic carbocycles. The Bertz CT molecular complexity index is 597. The van der Waals surface area contributed by atoms with Crippen molar-refractivity contribution >= 4 is 9.84 Å². The molecule has 0 saturated carbocycles. The first-order valence-electron chi connectivity index (χ1n) is 7.70. The van der Waals surface area contributed by atoms with E-state index in [0.717, 1.165) is 25.7 Å². The number of nitrogens with zero attached hydrogens (tertiary/aromatic N) is 2. The third-order valence-electron chi connectivity index (χ3n) is 4.80. The lowest BCUT2D eigenvalue weighted by Crippen LogP contribution is -2.54. The highest BCUT2D eigenvalue weighted by Crippen LogP contribution is 2.25. The van der Waals surface area contributed by atoms with Gasteiger partial charge in [0.2, 0.25) is 0 Å². The molecule has 2 heterocycles. The Labute approximate surface area is 127 Å². The average Bonchev–Trinajstić information content (AvgIpc) is 2.86. The van der Waals surface area contributed by atoms with Gasteiger partial charge in [-0.15, -0.1) is 0 Å². The first-order valence-corrected chi connectivity index (χ1v) is 9.60. The zero-order valence-electron chi connectivity index (χ0n) is 12.8. The second-order valence-electron chi connectivity index (χ2n) is 6.49. The van der Waals surface area contributed by atoms with Crippen LogP contribution in [-0.4, -0.2) is 56.2 Å². The van der Waals surface area contributed by atoms with E-state index in [1.165, 1.54) is 31.2 Å². The molecular formula is C16H24N2O2S. The summed E-state index contributed by atoms with van der Waals surface area (Å²) in [5.41, 5.74) is 1.20. The van der Waals surface area contributed by atoms with Crippen LogP contribution in [0.5, 0.6) is 0 Å². The van der Waals surface area contributed by atoms with Crippen molar-refractivity contribution in [1.82, 2.24) is 9.80 Å². The first-order chi connectivity index (χ1) is 9.93. The maximum Gasteiger partial charge on any atom is 0.175 e. The van der Waals surface area contributed by atoms with Crippen LogP contribution in [0.25, 0.3) is 0 Å². The van der Waals surface area contributed by atoms with Crippen LogP contribution in [0.2, 0.25) is 0 Å². The summed E-state index contributed by atoms with van der Waals surface area (Å²) in [7, 11) is -3.10. The Morgan fingerprint density at radius 2 is 1.90 bits per heavy atom. The maximum absolute atomic E-state index is 11.5. The summed E-state index contributed by atoms with van der Waals surface area (Å²) in [6.45, 7) is 6.75. The van der Waals surface area contributed by atoms with Gasteiger partial charge in [0.1, 0.15) is 0 Å². The quantitative estimate of drug-likeness (QED) is 0.853. The summed E-state index contributed by atoms with van der Waals surface area (Å²) in [6, 6.07) is 8.63. The van der Waals surface area contributed by atoms with Gasteiger partial charge in [-0.1, -0.05) is 12.1 Å². The molecule has 0 N–H and O–H groups in total. The number of rotatable bonds is 3. The predicted molar refractivity (Wildman–Crippen MR) is 84.0 cm³/mol. The van der Waals surface area contributed by atoms with Crippen LogP contribution in [0.4, 0.5) is 0 Å². The van der Waals surface area contributed by atoms with Crippen molar-refractivity contribution in [2.75, 3.05) is 25.9 Å². The molecule has 0 amide bonds. The Kier molecular flexibility index (Phi) is 4.08. The van der Waals surface area contributed by atoms with Crippen molar-refractivity contribution in [2.24, 2.45) is 0 Å². The second-order valence-corrected chi connectivity index (χ2v) is 8.50. The van der Waals surface area contributed by atoms with Crippen molar-refractivity contribution < 1.29 is 8.42 Å². The van der Waals surface area contributed by atoms with E-state index < -0.39 is 9.84 Å². The molecule has 2 aliphatic rings. The van der Waals surface area contributed by atoms with Gasteiger partial charge in [-0.3, -0.25) is 9.80 Å². The van der Waals surface area contributed by atoms with Crippen LogP contribution in [0.3, 0.4) is 0 Å². The number of piperazine rings is 1. The standard InChI is InChI=1S/C16H24N2O2S/c1-13-10-17-9-3-4-15(17)12-18(13)11-14-5-7-16(8-6-14)21(2,19)20/h5-8,13,15H,3-4,9-12H2,1-2H3. The molecule has 0 spiro atoms. The molecule has 0 bridgehead atoms. The van der Waals surface area contributed by atoms with Gasteiger partial charge in [0.25, 0.3) is 0 Å². The number of fused-ring (bicyclic) bond motifs is 1. The molecule has 1 aromatic rings. The smallest absolute Gasteiger partial charge is 0.175 e. The maximum atomic E-state index is 11.5. The molecule has 21 heavy (non-hydrogen) atoms. The van der Waals surface area contributed by atoms with Gasteiger partial charge in [0, 0.05) is 38.0 Å². The molecular weight excluding hydrogens is 284 g/mol. The van der Waals surface area contributed by atoms with E-state index in [1.54, 1.807) is 12.1 Å². The van der Waals surface area contributed by atoms with E-state index in [2.05, 4.69) is 16.7 Å². The van der Waals surface area contributed by atoms with Crippen LogP contribution in [0, 0.1) is 0 Å². The molecule has 5 heteroatoms. The van der Waals surface area contributed by atoms with E-state index in [4.69, 9.17) is 0 Å². The second kappa shape index (κ2) is 5.71. The van der Waals surface area contributed by atoms with Gasteiger partial charge in [0.15, 0.2) is 9.84 Å². The molecule has 2 atom stereocenters. The minimum atomic E-state index is -3.10. The number of benzene rings is 1. The number of sulfone groups is 1. The molecule has 0 aliphatic carbocycles. The number of hydrogen-bond donors (Lipinski definition) is 0. The van der Waals surface area contributed by atoms with Crippen molar-refractivity contribution in [3.05, 3.63) is 29.8 Å². The van der Waals surface area contributed by atoms with E-state index in [9.17, 15) is 8.42 Å². The highest BCUT2D eigenvalue weighted by Gasteiger charge is 2.34. The summed E-state index contributed by atoms with van der Waals surface area (Å²) < 4.78 is 23.0. The van der Waals surface area contributed by atoms with Gasteiger partial charge in [-0.25, -0.2) is 8.42 Å². The summed E-state index contributed by atoms with van der Waals surface area (Å²) in [5, 5.41) is 0. The fourth-order valence-corrected chi connectivity index (χ4v) is 4.18. The third-order valence-corrected chi connectivity index (χ3v) is 5.93. The lowest BCUT2D eigenvalue weighted by atomic mass is 10.1. The van der Waals surface area contributed by atoms with Crippen LogP contribution < -0.4 is 0 Å². The Morgan fingerprint density at radius 1 is 1.19 bits per heavy atom. The average molecular weight is 308 g/mol. The lowest BCUT2D eigenvalue weighted by molar-refractivity contribution is 0.0540. The molecule has 2 aliphatic heterocycles. The normalized spacial score (nSPS) is 27.7. The molecule has 2 fully saturated rings. The Hall–Kier alpha value is -0.910. The van der Waals surface area contributed by atoms with E-state index in [1.807, 2.05) is 12.1 Å². The largest absolute Gasteiger partial charge is 0.298 e. The molecule has 116 valence electrons. The Morgan fingerprint density at radius 3 is 2.57 bits per heavy atom. The molecule has 3 rings (SSSR count). The van der Waals surface area contributed by atoms with Crippen molar-refractivity contribution in [1.29, 1.82) is 0 Å². The molecule has 0 aromatic heterocycles. The lowest BCUT2D eigenvalue weighted by Gasteiger charge is -2.42. The summed E-state index contributed by atoms with van der Waals surface area (Å²) >= 11 is 0. The summed E-state index contributed by atoms with van der Waals surface area (Å²) in [4.78, 5) is 5.55. The van der Waals surface area contributed by atoms with Crippen LogP contribution in [0.15, 0.2) is 29.2 Å². The van der Waals surface area contributed by atoms with Crippen LogP contribution in [0.1, 0.15) is 25.3 Å². The first kappa shape index (κ1) is 15.0. The Balaban J connectivity index is 1.68. The van der Waals surface area contributed by atoms with Gasteiger partial charge in [-0.2, -0.15) is 0 Å². The van der Waals surface area contributed by atoms with Crippen molar-refractivity contribution in [3.8, 4) is 0 Å². The summed E-state index contributed by atoms with van der Waals surface area (Å²) in [6.07, 6.45) is 3.90. The SMILES string of the molecule is CC1CN2CCCC2CN1Cc1ccc(S(C)(=O)=O)cc1. The molecule has 2 unspecified atom stereocenters. The zero-order valence-corrected chi connectivity index (χ0v) is 13.6. The fraction of sp³-hybridized carbons (Fsp3) is 0.625. The van der Waals surface area contributed by atoms with E-state index >= 15 is 0 Å². The van der Waals surface area contributed by atoms with E-state index in [-0.39, 0.29) is 0 Å². The predicted octanol–water partition coefficient (Wildman–Crippen LogP) is 1.76. The van der Waals surface area contributed by atoms with Crippen LogP contribution in [-0.2, 0) is 16.4 Å². The fourth-order valence-electron chi connectivity index (χ4n) is 3.54. The highest BCUT2D eigenvalue weighted by atomic mass is 32.2. The van der Waals surface area contributed by atoms with E-state index in [0.29, 0.717) is 10.9 Å².